The molecule has 9 aromatic carbocycles. The van der Waals surface area contributed by atoms with Crippen LogP contribution in [-0.4, -0.2) is 0 Å². The molecule has 0 saturated heterocycles. The van der Waals surface area contributed by atoms with Crippen molar-refractivity contribution in [2.75, 3.05) is 4.90 Å². The first kappa shape index (κ1) is 30.0. The molecule has 52 heavy (non-hydrogen) atoms. The first-order valence-corrected chi connectivity index (χ1v) is 17.8. The molecule has 0 aliphatic heterocycles. The third-order valence-corrected chi connectivity index (χ3v) is 10.3. The fourth-order valence-corrected chi connectivity index (χ4v) is 7.64. The van der Waals surface area contributed by atoms with E-state index in [0.717, 1.165) is 50.1 Å². The van der Waals surface area contributed by atoms with Crippen molar-refractivity contribution in [3.8, 4) is 33.4 Å². The summed E-state index contributed by atoms with van der Waals surface area (Å²) in [6.45, 7) is 0. The monoisotopic (exact) mass is 663 g/mol. The van der Waals surface area contributed by atoms with E-state index in [0.29, 0.717) is 0 Å². The van der Waals surface area contributed by atoms with Crippen molar-refractivity contribution in [1.82, 2.24) is 0 Å². The SMILES string of the molecule is c1ccc(-c2ccc(-c3ccc(N(c4ccc(-c5cccc6c5oc5ccccc56)cc4)c4ccc5c(ccc6ccccc65)c4)cc3)cc2)cc1. The molecule has 0 unspecified atom stereocenters. The van der Waals surface area contributed by atoms with E-state index in [-0.39, 0.29) is 0 Å². The lowest BCUT2D eigenvalue weighted by Crippen LogP contribution is -2.09. The first-order valence-electron chi connectivity index (χ1n) is 17.8. The van der Waals surface area contributed by atoms with Crippen LogP contribution in [0.5, 0.6) is 0 Å². The van der Waals surface area contributed by atoms with Gasteiger partial charge in [0.15, 0.2) is 0 Å². The van der Waals surface area contributed by atoms with Crippen molar-refractivity contribution < 1.29 is 4.42 Å². The summed E-state index contributed by atoms with van der Waals surface area (Å²) in [5.41, 5.74) is 12.1. The highest BCUT2D eigenvalue weighted by Gasteiger charge is 2.16. The van der Waals surface area contributed by atoms with Crippen LogP contribution in [0.15, 0.2) is 205 Å². The summed E-state index contributed by atoms with van der Waals surface area (Å²) in [5.74, 6) is 0. The predicted octanol–water partition coefficient (Wildman–Crippen LogP) is 14.4. The Hall–Kier alpha value is -6.90. The number of nitrogens with zero attached hydrogens (tertiary/aromatic N) is 1. The van der Waals surface area contributed by atoms with Crippen LogP contribution in [0.3, 0.4) is 0 Å². The van der Waals surface area contributed by atoms with Crippen LogP contribution in [0.2, 0.25) is 0 Å². The summed E-state index contributed by atoms with van der Waals surface area (Å²) in [6, 6.07) is 71.7. The summed E-state index contributed by atoms with van der Waals surface area (Å²) >= 11 is 0. The van der Waals surface area contributed by atoms with Gasteiger partial charge in [0, 0.05) is 33.4 Å². The van der Waals surface area contributed by atoms with Crippen LogP contribution in [0.4, 0.5) is 17.1 Å². The fraction of sp³-hybridized carbons (Fsp3) is 0. The predicted molar refractivity (Wildman–Crippen MR) is 220 cm³/mol. The van der Waals surface area contributed by atoms with E-state index >= 15 is 0 Å². The van der Waals surface area contributed by atoms with Crippen molar-refractivity contribution in [3.05, 3.63) is 200 Å². The molecule has 0 fully saturated rings. The molecule has 2 nitrogen and oxygen atoms in total. The molecule has 10 aromatic rings. The minimum absolute atomic E-state index is 0.910. The minimum atomic E-state index is 0.910. The van der Waals surface area contributed by atoms with Gasteiger partial charge in [0.05, 0.1) is 0 Å². The molecule has 0 amide bonds. The van der Waals surface area contributed by atoms with E-state index in [1.807, 2.05) is 12.1 Å². The van der Waals surface area contributed by atoms with Gasteiger partial charge in [0.1, 0.15) is 11.2 Å². The van der Waals surface area contributed by atoms with E-state index in [9.17, 15) is 0 Å². The van der Waals surface area contributed by atoms with Crippen LogP contribution in [0, 0.1) is 0 Å². The summed E-state index contributed by atoms with van der Waals surface area (Å²) in [7, 11) is 0. The van der Waals surface area contributed by atoms with Crippen LogP contribution < -0.4 is 4.90 Å². The standard InChI is InChI=1S/C50H33NO/c1-2-9-34(10-3-1)35-17-19-36(20-18-35)37-23-27-41(28-24-37)51(43-31-32-45-40(33-43)22-21-38-11-4-5-12-44(38)45)42-29-25-39(26-30-42)46-14-8-15-48-47-13-6-7-16-49(47)52-50(46)48/h1-33H. The quantitative estimate of drug-likeness (QED) is 0.165. The lowest BCUT2D eigenvalue weighted by molar-refractivity contribution is 0.670. The van der Waals surface area contributed by atoms with E-state index in [2.05, 4.69) is 193 Å². The van der Waals surface area contributed by atoms with Gasteiger partial charge in [0.25, 0.3) is 0 Å². The van der Waals surface area contributed by atoms with Gasteiger partial charge in [0.2, 0.25) is 0 Å². The Balaban J connectivity index is 1.05. The van der Waals surface area contributed by atoms with Crippen LogP contribution in [0.1, 0.15) is 0 Å². The number of benzene rings is 9. The highest BCUT2D eigenvalue weighted by molar-refractivity contribution is 6.10. The van der Waals surface area contributed by atoms with Gasteiger partial charge < -0.3 is 9.32 Å². The van der Waals surface area contributed by atoms with Gasteiger partial charge in [-0.3, -0.25) is 0 Å². The largest absolute Gasteiger partial charge is 0.455 e. The lowest BCUT2D eigenvalue weighted by Gasteiger charge is -2.26. The molecule has 244 valence electrons. The van der Waals surface area contributed by atoms with E-state index in [1.165, 1.54) is 43.8 Å². The Morgan fingerprint density at radius 3 is 1.56 bits per heavy atom. The van der Waals surface area contributed by atoms with Crippen molar-refractivity contribution in [1.29, 1.82) is 0 Å². The van der Waals surface area contributed by atoms with Crippen LogP contribution >= 0.6 is 0 Å². The third kappa shape index (κ3) is 5.21. The van der Waals surface area contributed by atoms with Gasteiger partial charge >= 0.3 is 0 Å². The van der Waals surface area contributed by atoms with Gasteiger partial charge in [-0.05, 0) is 91.8 Å². The molecule has 1 aromatic heterocycles. The lowest BCUT2D eigenvalue weighted by atomic mass is 9.99. The molecule has 0 saturated carbocycles. The van der Waals surface area contributed by atoms with Gasteiger partial charge in [-0.1, -0.05) is 158 Å². The molecule has 0 bridgehead atoms. The second kappa shape index (κ2) is 12.5. The maximum absolute atomic E-state index is 6.39. The second-order valence-corrected chi connectivity index (χ2v) is 13.3. The molecule has 0 atom stereocenters. The molecule has 2 heteroatoms. The average molecular weight is 664 g/mol. The summed E-state index contributed by atoms with van der Waals surface area (Å²) in [6.07, 6.45) is 0. The molecule has 0 spiro atoms. The molecular weight excluding hydrogens is 631 g/mol. The third-order valence-electron chi connectivity index (χ3n) is 10.3. The number of furan rings is 1. The van der Waals surface area contributed by atoms with Gasteiger partial charge in [-0.15, -0.1) is 0 Å². The van der Waals surface area contributed by atoms with Crippen molar-refractivity contribution in [2.45, 2.75) is 0 Å². The Kier molecular flexibility index (Phi) is 7.18. The molecule has 1 heterocycles. The zero-order valence-corrected chi connectivity index (χ0v) is 28.4. The molecular formula is C50H33NO. The molecule has 0 aliphatic rings. The first-order chi connectivity index (χ1) is 25.8. The Labute approximate surface area is 302 Å². The number of fused-ring (bicyclic) bond motifs is 6. The average Bonchev–Trinajstić information content (AvgIpc) is 3.61. The smallest absolute Gasteiger partial charge is 0.143 e. The van der Waals surface area contributed by atoms with Crippen molar-refractivity contribution in [3.63, 3.8) is 0 Å². The molecule has 10 rings (SSSR count). The summed E-state index contributed by atoms with van der Waals surface area (Å²) in [5, 5.41) is 7.26. The highest BCUT2D eigenvalue weighted by Crippen LogP contribution is 2.41. The maximum Gasteiger partial charge on any atom is 0.143 e. The maximum atomic E-state index is 6.39. The number of anilines is 3. The molecule has 0 aliphatic carbocycles. The minimum Gasteiger partial charge on any atom is -0.455 e. The van der Waals surface area contributed by atoms with Crippen LogP contribution in [-0.2, 0) is 0 Å². The topological polar surface area (TPSA) is 16.4 Å². The number of hydrogen-bond donors (Lipinski definition) is 0. The van der Waals surface area contributed by atoms with E-state index in [4.69, 9.17) is 4.42 Å². The number of rotatable bonds is 6. The van der Waals surface area contributed by atoms with Crippen molar-refractivity contribution >= 4 is 60.5 Å². The zero-order chi connectivity index (χ0) is 34.4. The van der Waals surface area contributed by atoms with E-state index in [1.54, 1.807) is 0 Å². The molecule has 0 radical (unpaired) electrons. The summed E-state index contributed by atoms with van der Waals surface area (Å²) in [4.78, 5) is 2.35. The van der Waals surface area contributed by atoms with Crippen LogP contribution in [0.25, 0.3) is 76.9 Å². The highest BCUT2D eigenvalue weighted by atomic mass is 16.3. The van der Waals surface area contributed by atoms with E-state index < -0.39 is 0 Å². The Bertz CT molecular complexity index is 2870. The summed E-state index contributed by atoms with van der Waals surface area (Å²) < 4.78 is 6.39. The van der Waals surface area contributed by atoms with Gasteiger partial charge in [-0.25, -0.2) is 0 Å². The zero-order valence-electron chi connectivity index (χ0n) is 28.4. The normalized spacial score (nSPS) is 11.5. The molecule has 0 N–H and O–H groups in total. The Morgan fingerprint density at radius 1 is 0.308 bits per heavy atom. The van der Waals surface area contributed by atoms with Gasteiger partial charge in [-0.2, -0.15) is 0 Å². The second-order valence-electron chi connectivity index (χ2n) is 13.3. The Morgan fingerprint density at radius 2 is 0.827 bits per heavy atom. The number of para-hydroxylation sites is 2. The fourth-order valence-electron chi connectivity index (χ4n) is 7.64. The number of hydrogen-bond acceptors (Lipinski definition) is 2. The van der Waals surface area contributed by atoms with Crippen molar-refractivity contribution in [2.24, 2.45) is 0 Å².